The smallest absolute Gasteiger partial charge is 0.315 e. The van der Waals surface area contributed by atoms with Gasteiger partial charge in [-0.25, -0.2) is 9.69 Å². The second-order valence-corrected chi connectivity index (χ2v) is 5.48. The van der Waals surface area contributed by atoms with Crippen LogP contribution in [0.1, 0.15) is 26.0 Å². The largest absolute Gasteiger partial charge is 0.333 e. The third kappa shape index (κ3) is 2.22. The molecule has 0 N–H and O–H groups in total. The fourth-order valence-electron chi connectivity index (χ4n) is 2.42. The van der Waals surface area contributed by atoms with Crippen LogP contribution in [0.25, 0.3) is 0 Å². The summed E-state index contributed by atoms with van der Waals surface area (Å²) >= 11 is 0. The molecular formula is C13H20N4O2. The van der Waals surface area contributed by atoms with Crippen LogP contribution >= 0.6 is 0 Å². The monoisotopic (exact) mass is 264 g/mol. The number of anilines is 1. The van der Waals surface area contributed by atoms with Crippen molar-refractivity contribution in [3.63, 3.8) is 0 Å². The number of carbonyl (C=O) groups excluding carboxylic acids is 2. The Morgan fingerprint density at radius 3 is 2.42 bits per heavy atom. The molecule has 104 valence electrons. The third-order valence-corrected chi connectivity index (χ3v) is 3.37. The van der Waals surface area contributed by atoms with Gasteiger partial charge < -0.3 is 4.90 Å². The van der Waals surface area contributed by atoms with E-state index in [2.05, 4.69) is 5.10 Å². The topological polar surface area (TPSA) is 58.4 Å². The lowest BCUT2D eigenvalue weighted by molar-refractivity contribution is -0.120. The van der Waals surface area contributed by atoms with Gasteiger partial charge in [-0.2, -0.15) is 5.10 Å². The number of urea groups is 1. The number of aryl methyl sites for hydroxylation is 2. The van der Waals surface area contributed by atoms with E-state index in [4.69, 9.17) is 0 Å². The Morgan fingerprint density at radius 2 is 1.95 bits per heavy atom. The molecule has 0 bridgehead atoms. The summed E-state index contributed by atoms with van der Waals surface area (Å²) in [6, 6.07) is 1.10. The van der Waals surface area contributed by atoms with Crippen molar-refractivity contribution >= 4 is 17.8 Å². The molecule has 3 amide bonds. The molecule has 6 heteroatoms. The molecule has 1 atom stereocenters. The van der Waals surface area contributed by atoms with Gasteiger partial charge in [-0.1, -0.05) is 13.8 Å². The minimum Gasteiger partial charge on any atom is -0.315 e. The van der Waals surface area contributed by atoms with Crippen molar-refractivity contribution in [2.45, 2.75) is 33.2 Å². The Kier molecular flexibility index (Phi) is 3.34. The maximum Gasteiger partial charge on any atom is 0.333 e. The van der Waals surface area contributed by atoms with Crippen LogP contribution in [0.2, 0.25) is 0 Å². The minimum atomic E-state index is -0.372. The Bertz CT molecular complexity index is 521. The van der Waals surface area contributed by atoms with Crippen LogP contribution in [0.15, 0.2) is 6.07 Å². The predicted octanol–water partition coefficient (Wildman–Crippen LogP) is 1.54. The molecule has 1 saturated heterocycles. The van der Waals surface area contributed by atoms with Crippen molar-refractivity contribution < 1.29 is 9.59 Å². The van der Waals surface area contributed by atoms with E-state index in [0.717, 1.165) is 5.69 Å². The summed E-state index contributed by atoms with van der Waals surface area (Å²) in [7, 11) is 3.41. The average Bonchev–Trinajstić information content (AvgIpc) is 2.72. The van der Waals surface area contributed by atoms with E-state index in [0.29, 0.717) is 18.2 Å². The number of aromatic nitrogens is 2. The molecular weight excluding hydrogens is 244 g/mol. The van der Waals surface area contributed by atoms with Gasteiger partial charge in [0, 0.05) is 20.2 Å². The van der Waals surface area contributed by atoms with E-state index in [9.17, 15) is 9.59 Å². The first kappa shape index (κ1) is 13.6. The highest BCUT2D eigenvalue weighted by atomic mass is 16.2. The number of amides is 3. The Labute approximate surface area is 113 Å². The van der Waals surface area contributed by atoms with E-state index in [1.165, 1.54) is 9.80 Å². The van der Waals surface area contributed by atoms with Crippen LogP contribution in [-0.4, -0.2) is 39.7 Å². The average molecular weight is 264 g/mol. The molecule has 0 saturated carbocycles. The predicted molar refractivity (Wildman–Crippen MR) is 71.8 cm³/mol. The number of nitrogens with zero attached hydrogens (tertiary/aromatic N) is 4. The number of likely N-dealkylation sites (N-methyl/N-ethyl adjacent to an activating group) is 1. The number of hydrogen-bond donors (Lipinski definition) is 0. The molecule has 0 spiro atoms. The molecule has 2 rings (SSSR count). The van der Waals surface area contributed by atoms with Crippen molar-refractivity contribution in [3.05, 3.63) is 11.8 Å². The SMILES string of the molecule is Cc1cc(N2C(=O)[C@H](CC(C)C)N(C)C2=O)n(C)n1. The standard InChI is InChI=1S/C13H20N4O2/c1-8(2)6-10-12(18)17(13(19)15(10)4)11-7-9(3)14-16(11)5/h7-8,10H,6H2,1-5H3/t10-/m0/s1. The number of carbonyl (C=O) groups is 2. The van der Waals surface area contributed by atoms with Gasteiger partial charge in [-0.05, 0) is 19.3 Å². The fraction of sp³-hybridized carbons (Fsp3) is 0.615. The summed E-state index contributed by atoms with van der Waals surface area (Å²) in [4.78, 5) is 27.5. The molecule has 19 heavy (non-hydrogen) atoms. The van der Waals surface area contributed by atoms with Gasteiger partial charge in [-0.3, -0.25) is 9.48 Å². The van der Waals surface area contributed by atoms with E-state index in [1.807, 2.05) is 20.8 Å². The minimum absolute atomic E-state index is 0.163. The van der Waals surface area contributed by atoms with Crippen molar-refractivity contribution in [2.24, 2.45) is 13.0 Å². The molecule has 1 aliphatic rings. The van der Waals surface area contributed by atoms with Crippen LogP contribution in [0, 0.1) is 12.8 Å². The summed E-state index contributed by atoms with van der Waals surface area (Å²) in [6.45, 7) is 5.93. The summed E-state index contributed by atoms with van der Waals surface area (Å²) in [5, 5.41) is 4.19. The van der Waals surface area contributed by atoms with Gasteiger partial charge in [0.15, 0.2) is 0 Å². The second kappa shape index (κ2) is 4.68. The first-order valence-corrected chi connectivity index (χ1v) is 6.44. The van der Waals surface area contributed by atoms with Crippen LogP contribution in [0.4, 0.5) is 10.6 Å². The van der Waals surface area contributed by atoms with Gasteiger partial charge in [0.1, 0.15) is 11.9 Å². The number of imide groups is 1. The van der Waals surface area contributed by atoms with Crippen LogP contribution in [0.5, 0.6) is 0 Å². The molecule has 1 aliphatic heterocycles. The number of hydrogen-bond acceptors (Lipinski definition) is 3. The molecule has 1 aromatic heterocycles. The number of rotatable bonds is 3. The van der Waals surface area contributed by atoms with E-state index >= 15 is 0 Å². The molecule has 1 fully saturated rings. The molecule has 0 aromatic carbocycles. The molecule has 0 aliphatic carbocycles. The van der Waals surface area contributed by atoms with Gasteiger partial charge in [-0.15, -0.1) is 0 Å². The summed E-state index contributed by atoms with van der Waals surface area (Å²) in [5.74, 6) is 0.729. The highest BCUT2D eigenvalue weighted by Crippen LogP contribution is 2.27. The highest BCUT2D eigenvalue weighted by molar-refractivity contribution is 6.20. The lowest BCUT2D eigenvalue weighted by atomic mass is 10.0. The molecule has 2 heterocycles. The lowest BCUT2D eigenvalue weighted by Crippen LogP contribution is -2.33. The zero-order valence-electron chi connectivity index (χ0n) is 12.0. The maximum atomic E-state index is 12.4. The zero-order valence-corrected chi connectivity index (χ0v) is 12.0. The Balaban J connectivity index is 2.35. The normalized spacial score (nSPS) is 20.0. The van der Waals surface area contributed by atoms with Crippen molar-refractivity contribution in [2.75, 3.05) is 11.9 Å². The maximum absolute atomic E-state index is 12.4. The van der Waals surface area contributed by atoms with E-state index in [-0.39, 0.29) is 18.0 Å². The molecule has 6 nitrogen and oxygen atoms in total. The quantitative estimate of drug-likeness (QED) is 0.778. The first-order valence-electron chi connectivity index (χ1n) is 6.44. The Morgan fingerprint density at radius 1 is 1.32 bits per heavy atom. The van der Waals surface area contributed by atoms with Crippen LogP contribution in [0.3, 0.4) is 0 Å². The second-order valence-electron chi connectivity index (χ2n) is 5.48. The highest BCUT2D eigenvalue weighted by Gasteiger charge is 2.45. The zero-order chi connectivity index (χ0) is 14.3. The van der Waals surface area contributed by atoms with Crippen molar-refractivity contribution in [3.8, 4) is 0 Å². The van der Waals surface area contributed by atoms with Gasteiger partial charge in [0.25, 0.3) is 5.91 Å². The summed E-state index contributed by atoms with van der Waals surface area (Å²) < 4.78 is 1.57. The molecule has 0 unspecified atom stereocenters. The van der Waals surface area contributed by atoms with E-state index < -0.39 is 0 Å². The van der Waals surface area contributed by atoms with Crippen LogP contribution in [-0.2, 0) is 11.8 Å². The molecule has 0 radical (unpaired) electrons. The lowest BCUT2D eigenvalue weighted by Gasteiger charge is -2.17. The molecule has 1 aromatic rings. The third-order valence-electron chi connectivity index (χ3n) is 3.37. The van der Waals surface area contributed by atoms with Gasteiger partial charge in [0.2, 0.25) is 0 Å². The van der Waals surface area contributed by atoms with Crippen molar-refractivity contribution in [1.82, 2.24) is 14.7 Å². The Hall–Kier alpha value is -1.85. The van der Waals surface area contributed by atoms with Crippen molar-refractivity contribution in [1.29, 1.82) is 0 Å². The van der Waals surface area contributed by atoms with Gasteiger partial charge in [0.05, 0.1) is 5.69 Å². The van der Waals surface area contributed by atoms with E-state index in [1.54, 1.807) is 24.8 Å². The summed E-state index contributed by atoms with van der Waals surface area (Å²) in [6.07, 6.45) is 0.675. The van der Waals surface area contributed by atoms with Crippen LogP contribution < -0.4 is 4.90 Å². The summed E-state index contributed by atoms with van der Waals surface area (Å²) in [5.41, 5.74) is 0.785. The van der Waals surface area contributed by atoms with Gasteiger partial charge >= 0.3 is 6.03 Å². The fourth-order valence-corrected chi connectivity index (χ4v) is 2.42. The first-order chi connectivity index (χ1) is 8.82.